The number of nitrogens with one attached hydrogen (secondary N) is 2. The second kappa shape index (κ2) is 8.56. The fourth-order valence-corrected chi connectivity index (χ4v) is 2.41. The van der Waals surface area contributed by atoms with Crippen LogP contribution in [-0.2, 0) is 17.5 Å². The summed E-state index contributed by atoms with van der Waals surface area (Å²) >= 11 is 11.4. The monoisotopic (exact) mass is 390 g/mol. The smallest absolute Gasteiger partial charge is 0.325 e. The maximum absolute atomic E-state index is 13.0. The van der Waals surface area contributed by atoms with E-state index in [0.29, 0.717) is 18.1 Å². The molecule has 2 rings (SSSR count). The highest BCUT2D eigenvalue weighted by Gasteiger charge is 2.34. The summed E-state index contributed by atoms with van der Waals surface area (Å²) in [6.45, 7) is 0.850. The van der Waals surface area contributed by atoms with Crippen LogP contribution in [0, 0.1) is 0 Å². The van der Waals surface area contributed by atoms with E-state index in [4.69, 9.17) is 23.2 Å². The molecule has 1 amide bonds. The Morgan fingerprint density at radius 1 is 1.00 bits per heavy atom. The average Bonchev–Trinajstić information content (AvgIpc) is 2.54. The van der Waals surface area contributed by atoms with Gasteiger partial charge in [-0.3, -0.25) is 4.79 Å². The van der Waals surface area contributed by atoms with Gasteiger partial charge in [-0.15, -0.1) is 0 Å². The molecule has 0 aliphatic rings. The number of hydrogen-bond donors (Lipinski definition) is 2. The Balaban J connectivity index is 1.85. The molecule has 0 heterocycles. The number of hydrogen-bond acceptors (Lipinski definition) is 2. The molecular weight excluding hydrogens is 376 g/mol. The van der Waals surface area contributed by atoms with E-state index in [1.54, 1.807) is 12.1 Å². The topological polar surface area (TPSA) is 41.1 Å². The minimum Gasteiger partial charge on any atom is -0.325 e. The molecule has 0 saturated carbocycles. The van der Waals surface area contributed by atoms with Crippen molar-refractivity contribution < 1.29 is 18.0 Å². The lowest BCUT2D eigenvalue weighted by Crippen LogP contribution is -2.22. The molecule has 25 heavy (non-hydrogen) atoms. The predicted octanol–water partition coefficient (Wildman–Crippen LogP) is 5.13. The highest BCUT2D eigenvalue weighted by Crippen LogP contribution is 2.36. The van der Waals surface area contributed by atoms with Gasteiger partial charge in [0.05, 0.1) is 11.3 Å². The summed E-state index contributed by atoms with van der Waals surface area (Å²) < 4.78 is 38.9. The van der Waals surface area contributed by atoms with Gasteiger partial charge < -0.3 is 10.6 Å². The third-order valence-corrected chi connectivity index (χ3v) is 3.82. The van der Waals surface area contributed by atoms with E-state index in [-0.39, 0.29) is 17.1 Å². The van der Waals surface area contributed by atoms with Gasteiger partial charge in [0.15, 0.2) is 0 Å². The molecule has 0 aromatic heterocycles. The number of amides is 1. The predicted molar refractivity (Wildman–Crippen MR) is 92.9 cm³/mol. The lowest BCUT2D eigenvalue weighted by molar-refractivity contribution is -0.137. The highest BCUT2D eigenvalue weighted by molar-refractivity contribution is 6.31. The van der Waals surface area contributed by atoms with Gasteiger partial charge in [-0.05, 0) is 35.9 Å². The van der Waals surface area contributed by atoms with E-state index in [1.165, 1.54) is 6.07 Å². The third kappa shape index (κ3) is 6.23. The van der Waals surface area contributed by atoms with Gasteiger partial charge in [-0.2, -0.15) is 13.2 Å². The van der Waals surface area contributed by atoms with E-state index < -0.39 is 17.6 Å². The van der Waals surface area contributed by atoms with Gasteiger partial charge in [0.1, 0.15) is 0 Å². The van der Waals surface area contributed by atoms with E-state index in [0.717, 1.165) is 17.7 Å². The van der Waals surface area contributed by atoms with Gasteiger partial charge >= 0.3 is 6.18 Å². The molecular formula is C17H15Cl2F3N2O. The Morgan fingerprint density at radius 3 is 2.28 bits per heavy atom. The van der Waals surface area contributed by atoms with Crippen LogP contribution in [0.5, 0.6) is 0 Å². The first-order valence-electron chi connectivity index (χ1n) is 7.37. The molecule has 0 aliphatic carbocycles. The molecule has 8 heteroatoms. The van der Waals surface area contributed by atoms with Gasteiger partial charge in [-0.25, -0.2) is 0 Å². The summed E-state index contributed by atoms with van der Waals surface area (Å²) in [6, 6.07) is 10.4. The van der Waals surface area contributed by atoms with Crippen molar-refractivity contribution in [1.29, 1.82) is 0 Å². The first-order valence-corrected chi connectivity index (χ1v) is 8.13. The van der Waals surface area contributed by atoms with Crippen LogP contribution >= 0.6 is 23.2 Å². The summed E-state index contributed by atoms with van der Waals surface area (Å²) in [6.07, 6.45) is -4.56. The average molecular weight is 391 g/mol. The minimum absolute atomic E-state index is 0.0352. The largest absolute Gasteiger partial charge is 0.418 e. The lowest BCUT2D eigenvalue weighted by atomic mass is 10.1. The molecule has 0 bridgehead atoms. The number of anilines is 1. The molecule has 0 aliphatic heterocycles. The zero-order chi connectivity index (χ0) is 18.4. The Hall–Kier alpha value is -1.76. The number of alkyl halides is 3. The van der Waals surface area contributed by atoms with E-state index in [1.807, 2.05) is 12.1 Å². The minimum atomic E-state index is -4.60. The van der Waals surface area contributed by atoms with Gasteiger partial charge in [0.2, 0.25) is 5.91 Å². The quantitative estimate of drug-likeness (QED) is 0.671. The Labute approximate surface area is 153 Å². The molecule has 2 aromatic rings. The molecule has 0 spiro atoms. The highest BCUT2D eigenvalue weighted by atomic mass is 35.5. The van der Waals surface area contributed by atoms with Crippen molar-refractivity contribution in [3.63, 3.8) is 0 Å². The van der Waals surface area contributed by atoms with Gasteiger partial charge in [-0.1, -0.05) is 35.3 Å². The standard InChI is InChI=1S/C17H15Cl2F3N2O/c18-12-3-1-11(2-4-12)10-23-8-7-16(25)24-15-6-5-13(19)9-14(15)17(20,21)22/h1-6,9,23H,7-8,10H2,(H,24,25). The molecule has 0 fully saturated rings. The maximum Gasteiger partial charge on any atom is 0.418 e. The first kappa shape index (κ1) is 19.6. The fraction of sp³-hybridized carbons (Fsp3) is 0.235. The Bertz CT molecular complexity index is 734. The van der Waals surface area contributed by atoms with Gasteiger partial charge in [0, 0.05) is 29.6 Å². The van der Waals surface area contributed by atoms with E-state index in [2.05, 4.69) is 10.6 Å². The number of carbonyl (C=O) groups excluding carboxylic acids is 1. The van der Waals surface area contributed by atoms with E-state index >= 15 is 0 Å². The van der Waals surface area contributed by atoms with Crippen LogP contribution in [0.2, 0.25) is 10.0 Å². The van der Waals surface area contributed by atoms with Crippen LogP contribution < -0.4 is 10.6 Å². The van der Waals surface area contributed by atoms with Crippen LogP contribution in [0.1, 0.15) is 17.5 Å². The Kier molecular flexibility index (Phi) is 6.70. The maximum atomic E-state index is 13.0. The van der Waals surface area contributed by atoms with Crippen LogP contribution in [-0.4, -0.2) is 12.5 Å². The van der Waals surface area contributed by atoms with Crippen molar-refractivity contribution in [3.05, 3.63) is 63.6 Å². The zero-order valence-corrected chi connectivity index (χ0v) is 14.5. The van der Waals surface area contributed by atoms with Crippen molar-refractivity contribution >= 4 is 34.8 Å². The molecule has 0 radical (unpaired) electrons. The third-order valence-electron chi connectivity index (χ3n) is 3.33. The van der Waals surface area contributed by atoms with Crippen LogP contribution in [0.25, 0.3) is 0 Å². The second-order valence-corrected chi connectivity index (χ2v) is 6.16. The molecule has 0 atom stereocenters. The Morgan fingerprint density at radius 2 is 1.64 bits per heavy atom. The molecule has 2 aromatic carbocycles. The molecule has 0 unspecified atom stereocenters. The fourth-order valence-electron chi connectivity index (χ4n) is 2.11. The van der Waals surface area contributed by atoms with Gasteiger partial charge in [0.25, 0.3) is 0 Å². The number of benzene rings is 2. The number of carbonyl (C=O) groups is 1. The SMILES string of the molecule is O=C(CCNCc1ccc(Cl)cc1)Nc1ccc(Cl)cc1C(F)(F)F. The van der Waals surface area contributed by atoms with Crippen LogP contribution in [0.4, 0.5) is 18.9 Å². The van der Waals surface area contributed by atoms with Crippen molar-refractivity contribution in [2.45, 2.75) is 19.1 Å². The molecule has 2 N–H and O–H groups in total. The molecule has 134 valence electrons. The van der Waals surface area contributed by atoms with E-state index in [9.17, 15) is 18.0 Å². The molecule has 3 nitrogen and oxygen atoms in total. The summed E-state index contributed by atoms with van der Waals surface area (Å²) in [7, 11) is 0. The van der Waals surface area contributed by atoms with Crippen molar-refractivity contribution in [2.24, 2.45) is 0 Å². The van der Waals surface area contributed by atoms with Crippen LogP contribution in [0.15, 0.2) is 42.5 Å². The summed E-state index contributed by atoms with van der Waals surface area (Å²) in [4.78, 5) is 11.9. The van der Waals surface area contributed by atoms with Crippen LogP contribution in [0.3, 0.4) is 0 Å². The molecule has 0 saturated heterocycles. The zero-order valence-electron chi connectivity index (χ0n) is 13.0. The summed E-state index contributed by atoms with van der Waals surface area (Å²) in [5, 5.41) is 5.90. The lowest BCUT2D eigenvalue weighted by Gasteiger charge is -2.14. The van der Waals surface area contributed by atoms with Crippen molar-refractivity contribution in [2.75, 3.05) is 11.9 Å². The van der Waals surface area contributed by atoms with Crippen molar-refractivity contribution in [3.8, 4) is 0 Å². The van der Waals surface area contributed by atoms with Crippen molar-refractivity contribution in [1.82, 2.24) is 5.32 Å². The number of rotatable bonds is 6. The summed E-state index contributed by atoms with van der Waals surface area (Å²) in [5.74, 6) is -0.517. The second-order valence-electron chi connectivity index (χ2n) is 5.29. The normalized spacial score (nSPS) is 11.4. The number of halogens is 5. The summed E-state index contributed by atoms with van der Waals surface area (Å²) in [5.41, 5.74) is -0.288. The first-order chi connectivity index (χ1) is 11.8.